The lowest BCUT2D eigenvalue weighted by atomic mass is 9.92. The van der Waals surface area contributed by atoms with E-state index >= 15 is 0 Å². The van der Waals surface area contributed by atoms with Gasteiger partial charge in [0.1, 0.15) is 0 Å². The van der Waals surface area contributed by atoms with Gasteiger partial charge in [-0.1, -0.05) is 53.9 Å². The van der Waals surface area contributed by atoms with Crippen molar-refractivity contribution >= 4 is 35.0 Å². The van der Waals surface area contributed by atoms with Crippen molar-refractivity contribution in [2.24, 2.45) is 0 Å². The fourth-order valence-corrected chi connectivity index (χ4v) is 6.42. The number of likely N-dealkylation sites (tertiary alicyclic amines) is 2. The molecule has 2 aliphatic heterocycles. The maximum atomic E-state index is 13.1. The molecule has 8 heteroatoms. The third-order valence-corrected chi connectivity index (χ3v) is 9.11. The molecule has 0 aliphatic carbocycles. The van der Waals surface area contributed by atoms with Crippen molar-refractivity contribution < 1.29 is 9.59 Å². The lowest BCUT2D eigenvalue weighted by Gasteiger charge is -2.44. The van der Waals surface area contributed by atoms with Crippen LogP contribution < -0.4 is 0 Å². The minimum atomic E-state index is 0.0184. The molecule has 2 aromatic carbocycles. The van der Waals surface area contributed by atoms with E-state index < -0.39 is 0 Å². The summed E-state index contributed by atoms with van der Waals surface area (Å²) in [4.78, 5) is 34.5. The first-order chi connectivity index (χ1) is 18.7. The Morgan fingerprint density at radius 3 is 2.31 bits per heavy atom. The van der Waals surface area contributed by atoms with Gasteiger partial charge >= 0.3 is 0 Å². The number of hydrogen-bond acceptors (Lipinski definition) is 4. The molecule has 2 saturated heterocycles. The van der Waals surface area contributed by atoms with Crippen molar-refractivity contribution in [3.05, 3.63) is 69.7 Å². The molecule has 0 bridgehead atoms. The summed E-state index contributed by atoms with van der Waals surface area (Å²) < 4.78 is 0. The number of nitrogens with zero attached hydrogens (tertiary/aromatic N) is 4. The molecule has 39 heavy (non-hydrogen) atoms. The van der Waals surface area contributed by atoms with E-state index in [2.05, 4.69) is 9.80 Å². The molecule has 2 aliphatic rings. The van der Waals surface area contributed by atoms with Crippen molar-refractivity contribution in [2.45, 2.75) is 56.5 Å². The molecule has 2 atom stereocenters. The Labute approximate surface area is 243 Å². The van der Waals surface area contributed by atoms with Gasteiger partial charge in [0.15, 0.2) is 0 Å². The second-order valence-electron chi connectivity index (χ2n) is 11.3. The van der Waals surface area contributed by atoms with Gasteiger partial charge in [-0.2, -0.15) is 0 Å². The third-order valence-electron chi connectivity index (χ3n) is 8.37. The molecule has 6 nitrogen and oxygen atoms in total. The topological polar surface area (TPSA) is 47.1 Å². The van der Waals surface area contributed by atoms with Crippen molar-refractivity contribution in [2.75, 3.05) is 53.9 Å². The fraction of sp³-hybridized carbons (Fsp3) is 0.548. The van der Waals surface area contributed by atoms with Crippen LogP contribution in [0.25, 0.3) is 0 Å². The Balaban J connectivity index is 1.38. The van der Waals surface area contributed by atoms with Crippen LogP contribution in [0.2, 0.25) is 10.0 Å². The summed E-state index contributed by atoms with van der Waals surface area (Å²) in [6.07, 6.45) is 6.37. The first-order valence-electron chi connectivity index (χ1n) is 14.2. The monoisotopic (exact) mass is 572 g/mol. The van der Waals surface area contributed by atoms with Gasteiger partial charge < -0.3 is 14.7 Å². The van der Waals surface area contributed by atoms with E-state index in [0.29, 0.717) is 28.2 Å². The van der Waals surface area contributed by atoms with Crippen LogP contribution in [0.3, 0.4) is 0 Å². The van der Waals surface area contributed by atoms with Crippen LogP contribution in [0.1, 0.15) is 60.4 Å². The van der Waals surface area contributed by atoms with Gasteiger partial charge in [-0.25, -0.2) is 0 Å². The Hall–Kier alpha value is -2.12. The normalized spacial score (nSPS) is 20.0. The lowest BCUT2D eigenvalue weighted by molar-refractivity contribution is -0.137. The van der Waals surface area contributed by atoms with Crippen LogP contribution in [0, 0.1) is 0 Å². The van der Waals surface area contributed by atoms with E-state index in [1.54, 1.807) is 4.90 Å². The molecule has 1 unspecified atom stereocenters. The zero-order valence-electron chi connectivity index (χ0n) is 23.5. The number of halogens is 2. The molecule has 212 valence electrons. The van der Waals surface area contributed by atoms with Crippen LogP contribution in [0.5, 0.6) is 0 Å². The van der Waals surface area contributed by atoms with Crippen molar-refractivity contribution in [3.8, 4) is 0 Å². The highest BCUT2D eigenvalue weighted by atomic mass is 35.5. The molecule has 4 rings (SSSR count). The molecule has 2 aromatic rings. The summed E-state index contributed by atoms with van der Waals surface area (Å²) in [6.45, 7) is 4.62. The quantitative estimate of drug-likeness (QED) is 0.389. The van der Waals surface area contributed by atoms with Gasteiger partial charge in [0, 0.05) is 45.2 Å². The zero-order valence-corrected chi connectivity index (χ0v) is 25.0. The predicted octanol–water partition coefficient (Wildman–Crippen LogP) is 5.65. The number of carbonyl (C=O) groups excluding carboxylic acids is 2. The predicted molar refractivity (Wildman–Crippen MR) is 160 cm³/mol. The van der Waals surface area contributed by atoms with E-state index in [1.165, 1.54) is 6.42 Å². The van der Waals surface area contributed by atoms with Crippen LogP contribution in [-0.4, -0.2) is 97.4 Å². The highest BCUT2D eigenvalue weighted by molar-refractivity contribution is 6.42. The molecular formula is C31H42Cl2N4O2. The van der Waals surface area contributed by atoms with Gasteiger partial charge in [-0.3, -0.25) is 14.5 Å². The highest BCUT2D eigenvalue weighted by Gasteiger charge is 2.35. The van der Waals surface area contributed by atoms with Crippen molar-refractivity contribution in [1.29, 1.82) is 0 Å². The first-order valence-corrected chi connectivity index (χ1v) is 14.9. The SMILES string of the molecule is CN(C)C(=O)C1CCCCN1C1CCN(CC[C@H](CN(C)C(=O)c2ccccc2)c2ccc(Cl)c(Cl)c2)CC1. The van der Waals surface area contributed by atoms with Crippen LogP contribution in [-0.2, 0) is 4.79 Å². The Bertz CT molecular complexity index is 1110. The largest absolute Gasteiger partial charge is 0.347 e. The standard InChI is InChI=1S/C31H42Cl2N4O2/c1-34(2)31(39)29-11-7-8-17-37(29)26-15-19-36(20-16-26)18-14-25(24-12-13-27(32)28(33)21-24)22-35(3)30(38)23-9-5-4-6-10-23/h4-6,9-10,12-13,21,25-26,29H,7-8,11,14-20,22H2,1-3H3/t25-,29?/m1/s1. The smallest absolute Gasteiger partial charge is 0.253 e. The van der Waals surface area contributed by atoms with Crippen LogP contribution in [0.4, 0.5) is 0 Å². The molecule has 2 amide bonds. The van der Waals surface area contributed by atoms with Crippen LogP contribution in [0.15, 0.2) is 48.5 Å². The molecule has 0 spiro atoms. The lowest BCUT2D eigenvalue weighted by Crippen LogP contribution is -2.55. The minimum absolute atomic E-state index is 0.0184. The molecule has 0 aromatic heterocycles. The number of piperidine rings is 2. The zero-order chi connectivity index (χ0) is 27.9. The molecule has 2 fully saturated rings. The molecular weight excluding hydrogens is 531 g/mol. The number of rotatable bonds is 9. The molecule has 0 saturated carbocycles. The second-order valence-corrected chi connectivity index (χ2v) is 12.1. The number of amides is 2. The summed E-state index contributed by atoms with van der Waals surface area (Å²) in [5, 5.41) is 1.08. The van der Waals surface area contributed by atoms with Crippen LogP contribution >= 0.6 is 23.2 Å². The van der Waals surface area contributed by atoms with E-state index in [1.807, 2.05) is 74.6 Å². The highest BCUT2D eigenvalue weighted by Crippen LogP contribution is 2.30. The number of carbonyl (C=O) groups is 2. The average molecular weight is 574 g/mol. The Morgan fingerprint density at radius 2 is 1.64 bits per heavy atom. The minimum Gasteiger partial charge on any atom is -0.347 e. The maximum absolute atomic E-state index is 13.1. The summed E-state index contributed by atoms with van der Waals surface area (Å²) in [5.41, 5.74) is 1.80. The molecule has 2 heterocycles. The van der Waals surface area contributed by atoms with E-state index in [9.17, 15) is 9.59 Å². The summed E-state index contributed by atoms with van der Waals surface area (Å²) in [5.74, 6) is 0.403. The third kappa shape index (κ3) is 7.75. The summed E-state index contributed by atoms with van der Waals surface area (Å²) in [6, 6.07) is 15.7. The summed E-state index contributed by atoms with van der Waals surface area (Å²) >= 11 is 12.6. The maximum Gasteiger partial charge on any atom is 0.253 e. The number of likely N-dealkylation sites (N-methyl/N-ethyl adjacent to an activating group) is 2. The van der Waals surface area contributed by atoms with Gasteiger partial charge in [0.05, 0.1) is 16.1 Å². The summed E-state index contributed by atoms with van der Waals surface area (Å²) in [7, 11) is 5.61. The Kier molecular flexibility index (Phi) is 10.7. The van der Waals surface area contributed by atoms with Gasteiger partial charge in [0.25, 0.3) is 5.91 Å². The van der Waals surface area contributed by atoms with Crippen molar-refractivity contribution in [1.82, 2.24) is 19.6 Å². The van der Waals surface area contributed by atoms with Gasteiger partial charge in [-0.05, 0) is 88.1 Å². The second kappa shape index (κ2) is 14.0. The fourth-order valence-electron chi connectivity index (χ4n) is 6.11. The van der Waals surface area contributed by atoms with Gasteiger partial charge in [-0.15, -0.1) is 0 Å². The van der Waals surface area contributed by atoms with E-state index in [4.69, 9.17) is 23.2 Å². The van der Waals surface area contributed by atoms with Gasteiger partial charge in [0.2, 0.25) is 5.91 Å². The molecule has 0 N–H and O–H groups in total. The molecule has 0 radical (unpaired) electrons. The number of hydrogen-bond donors (Lipinski definition) is 0. The van der Waals surface area contributed by atoms with E-state index in [-0.39, 0.29) is 23.8 Å². The van der Waals surface area contributed by atoms with Crippen molar-refractivity contribution in [3.63, 3.8) is 0 Å². The Morgan fingerprint density at radius 1 is 0.923 bits per heavy atom. The first kappa shape index (κ1) is 29.9. The van der Waals surface area contributed by atoms with E-state index in [0.717, 1.165) is 63.8 Å². The number of benzene rings is 2. The average Bonchev–Trinajstić information content (AvgIpc) is 2.96.